The predicted molar refractivity (Wildman–Crippen MR) is 139 cm³/mol. The molecule has 0 amide bonds. The molecule has 9 N–H and O–H groups in total. The topological polar surface area (TPSA) is 247 Å². The molecule has 0 aliphatic carbocycles. The maximum Gasteiger partial charge on any atom is 0.110 e. The Kier molecular flexibility index (Phi) is 14.6. The van der Waals surface area contributed by atoms with Gasteiger partial charge in [-0.2, -0.15) is 0 Å². The maximum absolute atomic E-state index is 11.0. The Labute approximate surface area is 244 Å². The lowest BCUT2D eigenvalue weighted by Crippen LogP contribution is -2.59. The third kappa shape index (κ3) is 8.33. The quantitative estimate of drug-likeness (QED) is 0.0833. The number of hydrogen-bond acceptors (Lipinski definition) is 16. The summed E-state index contributed by atoms with van der Waals surface area (Å²) >= 11 is 0. The van der Waals surface area contributed by atoms with Gasteiger partial charge in [-0.15, -0.1) is 0 Å². The van der Waals surface area contributed by atoms with Crippen LogP contribution in [0.2, 0.25) is 0 Å². The van der Waals surface area contributed by atoms with E-state index >= 15 is 0 Å². The fourth-order valence-electron chi connectivity index (χ4n) is 5.86. The van der Waals surface area contributed by atoms with E-state index in [4.69, 9.17) is 33.2 Å². The number of aliphatic hydroxyl groups is 9. The van der Waals surface area contributed by atoms with Crippen molar-refractivity contribution in [3.63, 3.8) is 0 Å². The van der Waals surface area contributed by atoms with Crippen molar-refractivity contribution in [2.45, 2.75) is 73.2 Å². The second-order valence-corrected chi connectivity index (χ2v) is 11.1. The molecule has 0 spiro atoms. The molecule has 3 aliphatic rings. The molecule has 16 nitrogen and oxygen atoms in total. The van der Waals surface area contributed by atoms with Gasteiger partial charge in [0.05, 0.1) is 96.1 Å². The number of methoxy groups -OCH3 is 2. The zero-order valence-electron chi connectivity index (χ0n) is 23.9. The SMILES string of the molecule is COCC1OC(CO)C(COCC2OC(CO)C(O)C(COCC3OC(CO)C(COC)C(O)C3O)C2O)C(O)C1O. The third-order valence-corrected chi connectivity index (χ3v) is 8.40. The summed E-state index contributed by atoms with van der Waals surface area (Å²) in [6.07, 6.45) is -13.4. The Morgan fingerprint density at radius 1 is 0.405 bits per heavy atom. The van der Waals surface area contributed by atoms with E-state index in [1.807, 2.05) is 0 Å². The van der Waals surface area contributed by atoms with Gasteiger partial charge < -0.3 is 79.1 Å². The normalized spacial score (nSPS) is 44.8. The molecule has 0 radical (unpaired) electrons. The first kappa shape index (κ1) is 35.8. The lowest BCUT2D eigenvalue weighted by molar-refractivity contribution is -0.248. The van der Waals surface area contributed by atoms with Crippen LogP contribution in [0.25, 0.3) is 0 Å². The van der Waals surface area contributed by atoms with E-state index in [1.54, 1.807) is 0 Å². The average Bonchev–Trinajstić information content (AvgIpc) is 2.98. The van der Waals surface area contributed by atoms with E-state index in [-0.39, 0.29) is 39.6 Å². The summed E-state index contributed by atoms with van der Waals surface area (Å²) in [5, 5.41) is 92.8. The molecule has 3 rings (SSSR count). The fraction of sp³-hybridized carbons (Fsp3) is 1.00. The smallest absolute Gasteiger partial charge is 0.110 e. The molecule has 0 aromatic rings. The lowest BCUT2D eigenvalue weighted by atomic mass is 9.86. The molecular weight excluding hydrogens is 568 g/mol. The van der Waals surface area contributed by atoms with Crippen molar-refractivity contribution in [2.24, 2.45) is 17.8 Å². The van der Waals surface area contributed by atoms with E-state index < -0.39 is 111 Å². The van der Waals surface area contributed by atoms with Crippen LogP contribution >= 0.6 is 0 Å². The van der Waals surface area contributed by atoms with Gasteiger partial charge in [-0.1, -0.05) is 0 Å². The van der Waals surface area contributed by atoms with Crippen LogP contribution in [0.5, 0.6) is 0 Å². The van der Waals surface area contributed by atoms with E-state index in [1.165, 1.54) is 14.2 Å². The molecule has 0 aromatic carbocycles. The molecule has 248 valence electrons. The van der Waals surface area contributed by atoms with Crippen molar-refractivity contribution >= 4 is 0 Å². The first-order valence-corrected chi connectivity index (χ1v) is 14.1. The van der Waals surface area contributed by atoms with Gasteiger partial charge in [0.25, 0.3) is 0 Å². The van der Waals surface area contributed by atoms with Crippen molar-refractivity contribution in [1.29, 1.82) is 0 Å². The average molecular weight is 617 g/mol. The van der Waals surface area contributed by atoms with Crippen LogP contribution in [-0.2, 0) is 33.2 Å². The highest BCUT2D eigenvalue weighted by Crippen LogP contribution is 2.31. The summed E-state index contributed by atoms with van der Waals surface area (Å²) in [4.78, 5) is 0. The highest BCUT2D eigenvalue weighted by molar-refractivity contribution is 4.95. The van der Waals surface area contributed by atoms with Gasteiger partial charge in [-0.3, -0.25) is 0 Å². The van der Waals surface area contributed by atoms with Crippen molar-refractivity contribution in [1.82, 2.24) is 0 Å². The number of ether oxygens (including phenoxy) is 7. The highest BCUT2D eigenvalue weighted by Gasteiger charge is 2.48. The van der Waals surface area contributed by atoms with Gasteiger partial charge in [-0.05, 0) is 0 Å². The van der Waals surface area contributed by atoms with Crippen molar-refractivity contribution < 1.29 is 79.1 Å². The lowest BCUT2D eigenvalue weighted by Gasteiger charge is -2.44. The number of hydrogen-bond donors (Lipinski definition) is 9. The maximum atomic E-state index is 11.0. The van der Waals surface area contributed by atoms with E-state index in [0.717, 1.165) is 0 Å². The Hall–Kier alpha value is -0.640. The van der Waals surface area contributed by atoms with Gasteiger partial charge >= 0.3 is 0 Å². The minimum absolute atomic E-state index is 0.0154. The first-order valence-electron chi connectivity index (χ1n) is 14.1. The first-order chi connectivity index (χ1) is 20.1. The van der Waals surface area contributed by atoms with Gasteiger partial charge in [0, 0.05) is 32.0 Å². The highest BCUT2D eigenvalue weighted by atomic mass is 16.6. The fourth-order valence-corrected chi connectivity index (χ4v) is 5.86. The number of rotatable bonds is 15. The predicted octanol–water partition coefficient (Wildman–Crippen LogP) is -5.39. The minimum Gasteiger partial charge on any atom is -0.394 e. The van der Waals surface area contributed by atoms with Crippen molar-refractivity contribution in [2.75, 3.05) is 73.7 Å². The molecule has 15 atom stereocenters. The van der Waals surface area contributed by atoms with E-state index in [0.29, 0.717) is 0 Å². The molecule has 3 heterocycles. The summed E-state index contributed by atoms with van der Waals surface area (Å²) in [5.74, 6) is -2.41. The summed E-state index contributed by atoms with van der Waals surface area (Å²) in [7, 11) is 2.84. The standard InChI is InChI=1S/C26H48O16/c1-36-6-12-15(3-27)41-20(26(35)23(12)32)11-39-8-14-21(30)17(5-29)42-19(22(14)31)10-38-7-13-16(4-28)40-18(9-37-2)25(34)24(13)33/h12-35H,3-11H2,1-2H3. The van der Waals surface area contributed by atoms with Gasteiger partial charge in [0.2, 0.25) is 0 Å². The Bertz CT molecular complexity index is 760. The van der Waals surface area contributed by atoms with Gasteiger partial charge in [0.15, 0.2) is 0 Å². The van der Waals surface area contributed by atoms with Gasteiger partial charge in [0.1, 0.15) is 36.6 Å². The molecular formula is C26H48O16. The molecule has 0 aromatic heterocycles. The minimum atomic E-state index is -1.34. The Morgan fingerprint density at radius 2 is 0.786 bits per heavy atom. The van der Waals surface area contributed by atoms with Crippen LogP contribution in [0.3, 0.4) is 0 Å². The molecule has 3 saturated heterocycles. The van der Waals surface area contributed by atoms with Gasteiger partial charge in [-0.25, -0.2) is 0 Å². The van der Waals surface area contributed by atoms with Crippen LogP contribution in [0.1, 0.15) is 0 Å². The Balaban J connectivity index is 1.55. The molecule has 15 unspecified atom stereocenters. The molecule has 0 bridgehead atoms. The zero-order valence-corrected chi connectivity index (χ0v) is 23.9. The van der Waals surface area contributed by atoms with Crippen LogP contribution in [0.15, 0.2) is 0 Å². The zero-order chi connectivity index (χ0) is 31.0. The van der Waals surface area contributed by atoms with E-state index in [2.05, 4.69) is 0 Å². The molecule has 42 heavy (non-hydrogen) atoms. The summed E-state index contributed by atoms with van der Waals surface area (Å²) in [5.41, 5.74) is 0. The van der Waals surface area contributed by atoms with Crippen LogP contribution in [0.4, 0.5) is 0 Å². The van der Waals surface area contributed by atoms with Crippen LogP contribution in [-0.4, -0.2) is 193 Å². The van der Waals surface area contributed by atoms with E-state index in [9.17, 15) is 46.0 Å². The van der Waals surface area contributed by atoms with Crippen molar-refractivity contribution in [3.8, 4) is 0 Å². The number of aliphatic hydroxyl groups excluding tert-OH is 9. The van der Waals surface area contributed by atoms with Crippen LogP contribution < -0.4 is 0 Å². The summed E-state index contributed by atoms with van der Waals surface area (Å²) in [6, 6.07) is 0. The van der Waals surface area contributed by atoms with Crippen molar-refractivity contribution in [3.05, 3.63) is 0 Å². The second kappa shape index (κ2) is 17.2. The largest absolute Gasteiger partial charge is 0.394 e. The molecule has 16 heteroatoms. The molecule has 3 aliphatic heterocycles. The summed E-state index contributed by atoms with van der Waals surface area (Å²) < 4.78 is 38.4. The molecule has 0 saturated carbocycles. The van der Waals surface area contributed by atoms with Crippen LogP contribution in [0, 0.1) is 17.8 Å². The third-order valence-electron chi connectivity index (χ3n) is 8.40. The Morgan fingerprint density at radius 3 is 1.26 bits per heavy atom. The second-order valence-electron chi connectivity index (χ2n) is 11.1. The monoisotopic (exact) mass is 616 g/mol. The molecule has 3 fully saturated rings. The summed E-state index contributed by atoms with van der Waals surface area (Å²) in [6.45, 7) is -2.21.